The van der Waals surface area contributed by atoms with Crippen LogP contribution in [0.3, 0.4) is 0 Å². The van der Waals surface area contributed by atoms with Crippen LogP contribution in [0, 0.1) is 0 Å². The Kier molecular flexibility index (Phi) is 51.4. The minimum Gasteiger partial charge on any atom is -0.462 e. The topological polar surface area (TPSA) is 155 Å². The van der Waals surface area contributed by atoms with Crippen molar-refractivity contribution in [2.75, 3.05) is 26.4 Å². The van der Waals surface area contributed by atoms with Gasteiger partial charge in [-0.3, -0.25) is 23.4 Å². The minimum absolute atomic E-state index is 0.138. The lowest BCUT2D eigenvalue weighted by atomic mass is 10.0. The molecule has 2 N–H and O–H groups in total. The number of hydrogen-bond acceptors (Lipinski definition) is 10. The molecule has 0 rings (SSSR count). The van der Waals surface area contributed by atoms with E-state index in [4.69, 9.17) is 23.3 Å². The van der Waals surface area contributed by atoms with E-state index < -0.39 is 57.8 Å². The molecule has 0 radical (unpaired) electrons. The Labute approximate surface area is 439 Å². The number of carbonyl (C=O) groups excluding carboxylic acids is 3. The summed E-state index contributed by atoms with van der Waals surface area (Å²) in [5.74, 6) is -1.52. The van der Waals surface area contributed by atoms with Crippen LogP contribution in [0.25, 0.3) is 0 Å². The number of unbranched alkanes of at least 4 members (excludes halogenated alkanes) is 21. The second-order valence-corrected chi connectivity index (χ2v) is 20.1. The smallest absolute Gasteiger partial charge is 0.462 e. The monoisotopic (exact) mass is 1030 g/mol. The van der Waals surface area contributed by atoms with Crippen molar-refractivity contribution < 1.29 is 52.2 Å². The zero-order valence-corrected chi connectivity index (χ0v) is 46.5. The highest BCUT2D eigenvalue weighted by atomic mass is 31.2. The van der Waals surface area contributed by atoms with Crippen molar-refractivity contribution in [1.29, 1.82) is 0 Å². The molecular weight excluding hydrogens is 928 g/mol. The van der Waals surface area contributed by atoms with Gasteiger partial charge in [0.2, 0.25) is 0 Å². The van der Waals surface area contributed by atoms with E-state index in [9.17, 15) is 28.9 Å². The van der Waals surface area contributed by atoms with Gasteiger partial charge in [0, 0.05) is 19.3 Å². The Morgan fingerprint density at radius 1 is 0.403 bits per heavy atom. The molecule has 0 aromatic heterocycles. The molecule has 0 spiro atoms. The normalized spacial score (nSPS) is 14.0. The molecule has 0 aromatic rings. The van der Waals surface area contributed by atoms with Gasteiger partial charge in [0.25, 0.3) is 0 Å². The highest BCUT2D eigenvalue weighted by molar-refractivity contribution is 7.47. The van der Waals surface area contributed by atoms with E-state index in [1.54, 1.807) is 0 Å². The standard InChI is InChI=1S/C60H103O11P/c1-4-7-10-13-16-19-22-25-27-28-30-32-34-37-40-43-46-49-58(62)67-53-57(71-60(64)51-48-45-42-39-36-33-29-26-23-20-17-14-11-8-5-2)55-69-72(65,66)68-54-56(52-61)70-59(63)50-47-44-41-38-35-31-24-21-18-15-12-9-6-3/h7,9-10,12,16,18-19,21,25,27,30-32,35,56-57,61H,4-6,8,11,13-15,17,20,22-24,26,28-29,33-34,36-55H2,1-3H3,(H,65,66)/b10-7-,12-9-,19-16-,21-18-,27-25-,32-30-,35-31-. The highest BCUT2D eigenvalue weighted by Crippen LogP contribution is 2.43. The number of phosphoric ester groups is 1. The Balaban J connectivity index is 4.79. The molecule has 0 saturated heterocycles. The average Bonchev–Trinajstić information content (AvgIpc) is 3.37. The van der Waals surface area contributed by atoms with Crippen LogP contribution in [0.15, 0.2) is 85.1 Å². The maximum absolute atomic E-state index is 12.9. The molecule has 3 atom stereocenters. The first-order chi connectivity index (χ1) is 35.2. The van der Waals surface area contributed by atoms with Crippen LogP contribution in [0.2, 0.25) is 0 Å². The van der Waals surface area contributed by atoms with Crippen LogP contribution in [-0.4, -0.2) is 66.5 Å². The molecule has 12 heteroatoms. The molecule has 0 amide bonds. The molecule has 0 saturated carbocycles. The zero-order chi connectivity index (χ0) is 52.7. The van der Waals surface area contributed by atoms with Gasteiger partial charge in [0.1, 0.15) is 12.7 Å². The maximum atomic E-state index is 12.9. The molecule has 72 heavy (non-hydrogen) atoms. The van der Waals surface area contributed by atoms with Gasteiger partial charge in [-0.25, -0.2) is 4.57 Å². The summed E-state index contributed by atoms with van der Waals surface area (Å²) >= 11 is 0. The van der Waals surface area contributed by atoms with Gasteiger partial charge in [0.15, 0.2) is 6.10 Å². The van der Waals surface area contributed by atoms with Crippen molar-refractivity contribution in [3.05, 3.63) is 85.1 Å². The van der Waals surface area contributed by atoms with Crippen LogP contribution in [-0.2, 0) is 42.2 Å². The first kappa shape index (κ1) is 68.7. The van der Waals surface area contributed by atoms with Gasteiger partial charge in [-0.1, -0.05) is 215 Å². The number of phosphoric acid groups is 1. The summed E-state index contributed by atoms with van der Waals surface area (Å²) in [5, 5.41) is 9.79. The number of esters is 3. The summed E-state index contributed by atoms with van der Waals surface area (Å²) in [6, 6.07) is 0. The lowest BCUT2D eigenvalue weighted by molar-refractivity contribution is -0.161. The molecule has 0 heterocycles. The number of rotatable bonds is 52. The molecule has 0 bridgehead atoms. The van der Waals surface area contributed by atoms with Crippen LogP contribution in [0.1, 0.15) is 239 Å². The molecular formula is C60H103O11P. The van der Waals surface area contributed by atoms with Crippen molar-refractivity contribution in [1.82, 2.24) is 0 Å². The lowest BCUT2D eigenvalue weighted by Gasteiger charge is -2.21. The average molecular weight is 1030 g/mol. The van der Waals surface area contributed by atoms with Gasteiger partial charge in [-0.05, 0) is 89.9 Å². The van der Waals surface area contributed by atoms with E-state index in [0.29, 0.717) is 19.3 Å². The van der Waals surface area contributed by atoms with Crippen LogP contribution in [0.5, 0.6) is 0 Å². The number of aliphatic hydroxyl groups excluding tert-OH is 1. The highest BCUT2D eigenvalue weighted by Gasteiger charge is 2.28. The van der Waals surface area contributed by atoms with Crippen molar-refractivity contribution >= 4 is 25.7 Å². The number of hydrogen-bond donors (Lipinski definition) is 2. The van der Waals surface area contributed by atoms with E-state index in [1.807, 2.05) is 0 Å². The van der Waals surface area contributed by atoms with Crippen molar-refractivity contribution in [2.24, 2.45) is 0 Å². The van der Waals surface area contributed by atoms with E-state index in [-0.39, 0.29) is 25.9 Å². The van der Waals surface area contributed by atoms with Crippen molar-refractivity contribution in [3.63, 3.8) is 0 Å². The van der Waals surface area contributed by atoms with Crippen LogP contribution >= 0.6 is 7.82 Å². The molecule has 11 nitrogen and oxygen atoms in total. The molecule has 0 aromatic carbocycles. The van der Waals surface area contributed by atoms with Crippen LogP contribution < -0.4 is 0 Å². The fourth-order valence-electron chi connectivity index (χ4n) is 7.54. The fourth-order valence-corrected chi connectivity index (χ4v) is 8.32. The summed E-state index contributed by atoms with van der Waals surface area (Å²) in [7, 11) is -4.76. The van der Waals surface area contributed by atoms with E-state index >= 15 is 0 Å². The van der Waals surface area contributed by atoms with Gasteiger partial charge >= 0.3 is 25.7 Å². The lowest BCUT2D eigenvalue weighted by Crippen LogP contribution is -2.30. The Morgan fingerprint density at radius 3 is 1.12 bits per heavy atom. The zero-order valence-electron chi connectivity index (χ0n) is 45.6. The number of aliphatic hydroxyl groups is 1. The van der Waals surface area contributed by atoms with Gasteiger partial charge < -0.3 is 24.2 Å². The molecule has 0 fully saturated rings. The van der Waals surface area contributed by atoms with E-state index in [1.165, 1.54) is 70.6 Å². The fraction of sp³-hybridized carbons (Fsp3) is 0.717. The quantitative estimate of drug-likeness (QED) is 0.0197. The molecule has 0 aliphatic carbocycles. The number of ether oxygens (including phenoxy) is 3. The number of carbonyl (C=O) groups is 3. The minimum atomic E-state index is -4.76. The molecule has 414 valence electrons. The maximum Gasteiger partial charge on any atom is 0.472 e. The second-order valence-electron chi connectivity index (χ2n) is 18.7. The largest absolute Gasteiger partial charge is 0.472 e. The number of allylic oxidation sites excluding steroid dienone is 14. The van der Waals surface area contributed by atoms with Gasteiger partial charge in [0.05, 0.1) is 19.8 Å². The Bertz CT molecular complexity index is 1530. The predicted octanol–water partition coefficient (Wildman–Crippen LogP) is 16.7. The van der Waals surface area contributed by atoms with Gasteiger partial charge in [-0.15, -0.1) is 0 Å². The summed E-state index contributed by atoms with van der Waals surface area (Å²) in [4.78, 5) is 48.5. The first-order valence-electron chi connectivity index (χ1n) is 28.5. The van der Waals surface area contributed by atoms with Crippen LogP contribution in [0.4, 0.5) is 0 Å². The third-order valence-corrected chi connectivity index (χ3v) is 12.8. The first-order valence-corrected chi connectivity index (χ1v) is 30.0. The van der Waals surface area contributed by atoms with Gasteiger partial charge in [-0.2, -0.15) is 0 Å². The second kappa shape index (κ2) is 53.9. The molecule has 0 aliphatic rings. The molecule has 0 aliphatic heterocycles. The van der Waals surface area contributed by atoms with Crippen molar-refractivity contribution in [3.8, 4) is 0 Å². The summed E-state index contributed by atoms with van der Waals surface area (Å²) in [6.07, 6.45) is 61.2. The van der Waals surface area contributed by atoms with E-state index in [2.05, 4.69) is 106 Å². The third kappa shape index (κ3) is 51.6. The third-order valence-electron chi connectivity index (χ3n) is 11.8. The summed E-state index contributed by atoms with van der Waals surface area (Å²) < 4.78 is 39.5. The Morgan fingerprint density at radius 2 is 0.722 bits per heavy atom. The Hall–Kier alpha value is -3.34. The SMILES string of the molecule is CC/C=C\C/C=C\C/C=C\C/C=C\CCCCCCC(=O)OCC(COP(=O)(O)OCC(CO)OC(=O)CCCCC/C=C\C/C=C\C/C=C\CC)OC(=O)CCCCCCCCCCCCCCCCC. The predicted molar refractivity (Wildman–Crippen MR) is 298 cm³/mol. The van der Waals surface area contributed by atoms with Crippen molar-refractivity contribution in [2.45, 2.75) is 251 Å². The summed E-state index contributed by atoms with van der Waals surface area (Å²) in [5.41, 5.74) is 0. The van der Waals surface area contributed by atoms with E-state index in [0.717, 1.165) is 109 Å². The summed E-state index contributed by atoms with van der Waals surface area (Å²) in [6.45, 7) is 4.36. The molecule has 3 unspecified atom stereocenters.